The second-order valence-electron chi connectivity index (χ2n) is 9.31. The SMILES string of the molecule is COC[C@H]1CSc2c(-c3ccc(C)s3)c(C(F)(F)F)cc3c(N4C[C@@H](C)N[C@@H](C)C4)nc(=O)n1c23. The van der Waals surface area contributed by atoms with Crippen molar-refractivity contribution in [1.82, 2.24) is 14.9 Å². The Balaban J connectivity index is 1.88. The summed E-state index contributed by atoms with van der Waals surface area (Å²) in [5, 5.41) is 3.79. The number of rotatable bonds is 4. The lowest BCUT2D eigenvalue weighted by Crippen LogP contribution is -2.55. The lowest BCUT2D eigenvalue weighted by Gasteiger charge is -2.38. The molecule has 0 aliphatic carbocycles. The molecule has 0 amide bonds. The number of aromatic nitrogens is 2. The molecule has 2 aliphatic rings. The van der Waals surface area contributed by atoms with Crippen LogP contribution in [0, 0.1) is 6.92 Å². The molecule has 2 aromatic heterocycles. The van der Waals surface area contributed by atoms with Crippen LogP contribution in [0.1, 0.15) is 30.3 Å². The Morgan fingerprint density at radius 3 is 2.54 bits per heavy atom. The van der Waals surface area contributed by atoms with Crippen LogP contribution in [0.5, 0.6) is 0 Å². The first-order valence-corrected chi connectivity index (χ1v) is 13.3. The van der Waals surface area contributed by atoms with E-state index in [1.54, 1.807) is 17.7 Å². The van der Waals surface area contributed by atoms with E-state index in [2.05, 4.69) is 10.3 Å². The van der Waals surface area contributed by atoms with Gasteiger partial charge in [-0.15, -0.1) is 23.1 Å². The third-order valence-electron chi connectivity index (χ3n) is 6.44. The fraction of sp³-hybridized carbons (Fsp3) is 0.500. The lowest BCUT2D eigenvalue weighted by molar-refractivity contribution is -0.137. The molecule has 5 rings (SSSR count). The van der Waals surface area contributed by atoms with Crippen LogP contribution in [0.2, 0.25) is 0 Å². The van der Waals surface area contributed by atoms with E-state index < -0.39 is 17.4 Å². The lowest BCUT2D eigenvalue weighted by atomic mass is 10.00. The zero-order chi connectivity index (χ0) is 25.1. The molecule has 11 heteroatoms. The largest absolute Gasteiger partial charge is 0.417 e. The van der Waals surface area contributed by atoms with E-state index >= 15 is 0 Å². The number of benzene rings is 1. The normalized spacial score (nSPS) is 22.7. The summed E-state index contributed by atoms with van der Waals surface area (Å²) in [5.41, 5.74) is -0.477. The fourth-order valence-corrected chi connectivity index (χ4v) is 7.50. The first-order valence-electron chi connectivity index (χ1n) is 11.5. The first kappa shape index (κ1) is 24.6. The van der Waals surface area contributed by atoms with E-state index in [1.165, 1.54) is 29.2 Å². The number of piperazine rings is 1. The highest BCUT2D eigenvalue weighted by atomic mass is 32.2. The van der Waals surface area contributed by atoms with Crippen LogP contribution in [-0.4, -0.2) is 54.2 Å². The van der Waals surface area contributed by atoms with Crippen LogP contribution < -0.4 is 15.9 Å². The molecule has 0 spiro atoms. The zero-order valence-electron chi connectivity index (χ0n) is 19.9. The number of thiophene rings is 1. The molecular formula is C24H27F3N4O2S2. The van der Waals surface area contributed by atoms with Crippen LogP contribution in [0.3, 0.4) is 0 Å². The molecular weight excluding hydrogens is 497 g/mol. The van der Waals surface area contributed by atoms with Crippen LogP contribution in [0.25, 0.3) is 21.3 Å². The maximum atomic E-state index is 14.5. The minimum absolute atomic E-state index is 0.108. The highest BCUT2D eigenvalue weighted by molar-refractivity contribution is 7.99. The van der Waals surface area contributed by atoms with Gasteiger partial charge in [0.25, 0.3) is 0 Å². The maximum absolute atomic E-state index is 14.5. The van der Waals surface area contributed by atoms with Crippen LogP contribution in [0.15, 0.2) is 27.9 Å². The number of halogens is 3. The molecule has 0 unspecified atom stereocenters. The highest BCUT2D eigenvalue weighted by Crippen LogP contribution is 2.51. The quantitative estimate of drug-likeness (QED) is 0.522. The number of nitrogens with zero attached hydrogens (tertiary/aromatic N) is 3. The Morgan fingerprint density at radius 2 is 1.94 bits per heavy atom. The number of methoxy groups -OCH3 is 1. The van der Waals surface area contributed by atoms with Crippen molar-refractivity contribution in [3.63, 3.8) is 0 Å². The van der Waals surface area contributed by atoms with E-state index in [0.29, 0.717) is 45.3 Å². The van der Waals surface area contributed by atoms with E-state index in [0.717, 1.165) is 4.88 Å². The number of anilines is 1. The second kappa shape index (κ2) is 9.10. The van der Waals surface area contributed by atoms with Crippen molar-refractivity contribution < 1.29 is 17.9 Å². The summed E-state index contributed by atoms with van der Waals surface area (Å²) in [6.45, 7) is 7.28. The number of alkyl halides is 3. The van der Waals surface area contributed by atoms with Gasteiger partial charge >= 0.3 is 11.9 Å². The third-order valence-corrected chi connectivity index (χ3v) is 8.69. The minimum atomic E-state index is -4.57. The molecule has 3 aromatic rings. The summed E-state index contributed by atoms with van der Waals surface area (Å²) in [4.78, 5) is 21.7. The zero-order valence-corrected chi connectivity index (χ0v) is 21.5. The number of thioether (sulfide) groups is 1. The van der Waals surface area contributed by atoms with E-state index in [4.69, 9.17) is 4.74 Å². The predicted octanol–water partition coefficient (Wildman–Crippen LogP) is 4.93. The van der Waals surface area contributed by atoms with Gasteiger partial charge in [-0.1, -0.05) is 0 Å². The molecule has 1 saturated heterocycles. The van der Waals surface area contributed by atoms with E-state index in [9.17, 15) is 18.0 Å². The van der Waals surface area contributed by atoms with Gasteiger partial charge in [0, 0.05) is 63.6 Å². The van der Waals surface area contributed by atoms with Gasteiger partial charge in [-0.25, -0.2) is 4.79 Å². The van der Waals surface area contributed by atoms with Gasteiger partial charge in [0.1, 0.15) is 5.82 Å². The van der Waals surface area contributed by atoms with Gasteiger partial charge in [0.15, 0.2) is 0 Å². The molecule has 3 atom stereocenters. The smallest absolute Gasteiger partial charge is 0.383 e. The number of nitrogens with one attached hydrogen (secondary N) is 1. The van der Waals surface area contributed by atoms with E-state index in [1.807, 2.05) is 31.7 Å². The van der Waals surface area contributed by atoms with E-state index in [-0.39, 0.29) is 30.3 Å². The minimum Gasteiger partial charge on any atom is -0.383 e. The summed E-state index contributed by atoms with van der Waals surface area (Å²) < 4.78 is 50.5. The monoisotopic (exact) mass is 524 g/mol. The molecule has 188 valence electrons. The van der Waals surface area contributed by atoms with Crippen molar-refractivity contribution in [3.05, 3.63) is 39.1 Å². The van der Waals surface area contributed by atoms with Gasteiger partial charge in [-0.05, 0) is 39.0 Å². The predicted molar refractivity (Wildman–Crippen MR) is 135 cm³/mol. The number of hydrogen-bond donors (Lipinski definition) is 1. The third kappa shape index (κ3) is 4.36. The summed E-state index contributed by atoms with van der Waals surface area (Å²) >= 11 is 2.69. The molecule has 0 saturated carbocycles. The molecule has 35 heavy (non-hydrogen) atoms. The fourth-order valence-electron chi connectivity index (χ4n) is 5.18. The van der Waals surface area contributed by atoms with Gasteiger partial charge in [-0.3, -0.25) is 4.57 Å². The van der Waals surface area contributed by atoms with Crippen molar-refractivity contribution in [3.8, 4) is 10.4 Å². The summed E-state index contributed by atoms with van der Waals surface area (Å²) in [6, 6.07) is 4.66. The molecule has 2 aliphatic heterocycles. The Kier molecular flexibility index (Phi) is 6.40. The first-order chi connectivity index (χ1) is 16.6. The molecule has 0 bridgehead atoms. The Hall–Kier alpha value is -2.08. The van der Waals surface area contributed by atoms with Crippen molar-refractivity contribution >= 4 is 39.8 Å². The average Bonchev–Trinajstić information content (AvgIpc) is 3.20. The molecule has 6 nitrogen and oxygen atoms in total. The van der Waals surface area contributed by atoms with Crippen LogP contribution >= 0.6 is 23.1 Å². The number of hydrogen-bond acceptors (Lipinski definition) is 7. The van der Waals surface area contributed by atoms with Crippen molar-refractivity contribution in [2.45, 2.75) is 50.0 Å². The number of ether oxygens (including phenoxy) is 1. The van der Waals surface area contributed by atoms with Crippen LogP contribution in [0.4, 0.5) is 19.0 Å². The second-order valence-corrected chi connectivity index (χ2v) is 11.6. The highest BCUT2D eigenvalue weighted by Gasteiger charge is 2.40. The molecule has 1 N–H and O–H groups in total. The van der Waals surface area contributed by atoms with Crippen molar-refractivity contribution in [1.29, 1.82) is 0 Å². The van der Waals surface area contributed by atoms with Gasteiger partial charge in [0.05, 0.1) is 23.7 Å². The van der Waals surface area contributed by atoms with Crippen molar-refractivity contribution in [2.75, 3.05) is 37.5 Å². The standard InChI is InChI=1S/C24H27F3N4O2S2/c1-12-8-30(9-13(2)28-12)22-16-7-17(24(25,26)27)19(18-6-5-14(3)35-18)21-20(16)31(23(32)29-22)15(10-33-4)11-34-21/h5-7,12-13,15,28H,8-11H2,1-4H3/t12-,13+,15-/m0/s1. The van der Waals surface area contributed by atoms with Gasteiger partial charge < -0.3 is 15.0 Å². The number of aryl methyl sites for hydroxylation is 1. The summed E-state index contributed by atoms with van der Waals surface area (Å²) in [7, 11) is 1.56. The topological polar surface area (TPSA) is 59.4 Å². The molecule has 1 aromatic carbocycles. The Labute approximate surface area is 209 Å². The van der Waals surface area contributed by atoms with Crippen LogP contribution in [-0.2, 0) is 10.9 Å². The maximum Gasteiger partial charge on any atom is 0.417 e. The molecule has 0 radical (unpaired) electrons. The average molecular weight is 525 g/mol. The molecule has 4 heterocycles. The van der Waals surface area contributed by atoms with Gasteiger partial charge in [-0.2, -0.15) is 18.2 Å². The Morgan fingerprint density at radius 1 is 1.23 bits per heavy atom. The summed E-state index contributed by atoms with van der Waals surface area (Å²) in [6.07, 6.45) is -4.57. The van der Waals surface area contributed by atoms with Crippen molar-refractivity contribution in [2.24, 2.45) is 0 Å². The molecule has 1 fully saturated rings. The van der Waals surface area contributed by atoms with Gasteiger partial charge in [0.2, 0.25) is 0 Å². The summed E-state index contributed by atoms with van der Waals surface area (Å²) in [5.74, 6) is 0.748. The Bertz CT molecular complexity index is 1330.